The minimum atomic E-state index is -1.15. The lowest BCUT2D eigenvalue weighted by Gasteiger charge is -2.29. The Balaban J connectivity index is 1.55. The van der Waals surface area contributed by atoms with E-state index in [1.807, 2.05) is 84.9 Å². The maximum Gasteiger partial charge on any atom is 0.202 e. The largest absolute Gasteiger partial charge is 0.463 e. The fourth-order valence-electron chi connectivity index (χ4n) is 3.33. The van der Waals surface area contributed by atoms with Gasteiger partial charge in [-0.3, -0.25) is 10.8 Å². The second-order valence-corrected chi connectivity index (χ2v) is 6.97. The van der Waals surface area contributed by atoms with Gasteiger partial charge in [-0.25, -0.2) is 4.99 Å². The first-order valence-electron chi connectivity index (χ1n) is 9.55. The van der Waals surface area contributed by atoms with Crippen LogP contribution in [0.5, 0.6) is 0 Å². The van der Waals surface area contributed by atoms with E-state index in [4.69, 9.17) is 15.1 Å². The van der Waals surface area contributed by atoms with Gasteiger partial charge in [-0.05, 0) is 42.0 Å². The van der Waals surface area contributed by atoms with Crippen LogP contribution in [0.2, 0.25) is 0 Å². The van der Waals surface area contributed by atoms with Crippen molar-refractivity contribution in [2.24, 2.45) is 10.7 Å². The van der Waals surface area contributed by atoms with Gasteiger partial charge in [0, 0.05) is 11.4 Å². The predicted octanol–water partition coefficient (Wildman–Crippen LogP) is 3.89. The zero-order valence-electron chi connectivity index (χ0n) is 16.0. The number of hydrogen-bond acceptors (Lipinski definition) is 6. The van der Waals surface area contributed by atoms with E-state index in [0.29, 0.717) is 23.1 Å². The molecule has 0 bridgehead atoms. The van der Waals surface area contributed by atoms with E-state index in [-0.39, 0.29) is 0 Å². The summed E-state index contributed by atoms with van der Waals surface area (Å²) in [6.07, 6.45) is 3.50. The Labute approximate surface area is 173 Å². The van der Waals surface area contributed by atoms with Gasteiger partial charge in [-0.15, -0.1) is 0 Å². The highest BCUT2D eigenvalue weighted by atomic mass is 16.3. The van der Waals surface area contributed by atoms with Crippen molar-refractivity contribution in [3.8, 4) is 11.5 Å². The first kappa shape index (κ1) is 18.0. The molecule has 0 saturated carbocycles. The summed E-state index contributed by atoms with van der Waals surface area (Å²) in [6, 6.07) is 25.3. The molecule has 0 spiro atoms. The zero-order valence-corrected chi connectivity index (χ0v) is 16.0. The second kappa shape index (κ2) is 7.38. The maximum atomic E-state index is 6.77. The lowest BCUT2D eigenvalue weighted by molar-refractivity contribution is 0.564. The number of H-pyrrole nitrogens is 1. The van der Waals surface area contributed by atoms with Crippen molar-refractivity contribution in [2.75, 3.05) is 5.32 Å². The highest BCUT2D eigenvalue weighted by molar-refractivity contribution is 6.00. The molecule has 4 aromatic rings. The first-order chi connectivity index (χ1) is 14.7. The van der Waals surface area contributed by atoms with Crippen LogP contribution >= 0.6 is 0 Å². The van der Waals surface area contributed by atoms with Crippen LogP contribution in [0.25, 0.3) is 17.2 Å². The molecule has 1 atom stereocenters. The van der Waals surface area contributed by atoms with Crippen molar-refractivity contribution in [3.05, 3.63) is 102 Å². The molecule has 5 N–H and O–H groups in total. The van der Waals surface area contributed by atoms with Gasteiger partial charge in [0.25, 0.3) is 0 Å². The minimum Gasteiger partial charge on any atom is -0.463 e. The molecule has 2 aromatic carbocycles. The Morgan fingerprint density at radius 2 is 1.70 bits per heavy atom. The third kappa shape index (κ3) is 3.49. The molecule has 3 heterocycles. The summed E-state index contributed by atoms with van der Waals surface area (Å²) >= 11 is 0. The van der Waals surface area contributed by atoms with Crippen molar-refractivity contribution in [1.82, 2.24) is 15.5 Å². The van der Waals surface area contributed by atoms with Crippen LogP contribution in [0.3, 0.4) is 0 Å². The molecular weight excluding hydrogens is 376 g/mol. The summed E-state index contributed by atoms with van der Waals surface area (Å²) in [4.78, 5) is 4.74. The van der Waals surface area contributed by atoms with Gasteiger partial charge in [0.15, 0.2) is 11.4 Å². The van der Waals surface area contributed by atoms with Gasteiger partial charge in [0.1, 0.15) is 5.69 Å². The topological polar surface area (TPSA) is 104 Å². The molecular formula is C23H20N6O. The molecule has 0 saturated heterocycles. The standard InChI is InChI=1S/C23H20N6O/c24-23(21-14-18(28-29-21)20-12-7-13-30-20)15-19(16-8-3-1-4-9-16)26-22(27-23)25-17-10-5-2-6-11-17/h1-15H,24H2,(H,28,29)(H2,25,26,27). The molecule has 5 rings (SSSR count). The fraction of sp³-hybridized carbons (Fsp3) is 0.0435. The molecule has 0 fully saturated rings. The summed E-state index contributed by atoms with van der Waals surface area (Å²) in [5.74, 6) is 1.20. The average Bonchev–Trinajstić information content (AvgIpc) is 3.47. The second-order valence-electron chi connectivity index (χ2n) is 6.97. The van der Waals surface area contributed by atoms with Gasteiger partial charge in [0.05, 0.1) is 12.0 Å². The molecule has 1 unspecified atom stereocenters. The predicted molar refractivity (Wildman–Crippen MR) is 117 cm³/mol. The Morgan fingerprint density at radius 3 is 2.43 bits per heavy atom. The van der Waals surface area contributed by atoms with Crippen LogP contribution in [0.15, 0.2) is 101 Å². The number of aromatic amines is 1. The highest BCUT2D eigenvalue weighted by Gasteiger charge is 2.32. The number of nitrogens with zero attached hydrogens (tertiary/aromatic N) is 2. The number of furan rings is 1. The summed E-state index contributed by atoms with van der Waals surface area (Å²) in [6.45, 7) is 0. The SMILES string of the molecule is NC1(c2cc(-c3ccco3)n[nH]2)C=C(c2ccccc2)NC(Nc2ccccc2)=N1. The number of nitrogens with one attached hydrogen (secondary N) is 3. The summed E-state index contributed by atoms with van der Waals surface area (Å²) in [5, 5.41) is 14.0. The lowest BCUT2D eigenvalue weighted by atomic mass is 10.0. The van der Waals surface area contributed by atoms with Crippen molar-refractivity contribution < 1.29 is 4.42 Å². The third-order valence-electron chi connectivity index (χ3n) is 4.82. The molecule has 148 valence electrons. The molecule has 1 aliphatic heterocycles. The molecule has 2 aromatic heterocycles. The van der Waals surface area contributed by atoms with E-state index in [2.05, 4.69) is 20.8 Å². The third-order valence-corrected chi connectivity index (χ3v) is 4.82. The van der Waals surface area contributed by atoms with Gasteiger partial charge < -0.3 is 15.1 Å². The van der Waals surface area contributed by atoms with Crippen LogP contribution < -0.4 is 16.4 Å². The molecule has 0 amide bonds. The summed E-state index contributed by atoms with van der Waals surface area (Å²) in [7, 11) is 0. The first-order valence-corrected chi connectivity index (χ1v) is 9.55. The number of benzene rings is 2. The Bertz CT molecular complexity index is 1200. The van der Waals surface area contributed by atoms with E-state index >= 15 is 0 Å². The van der Waals surface area contributed by atoms with Gasteiger partial charge in [-0.2, -0.15) is 5.10 Å². The van der Waals surface area contributed by atoms with Crippen molar-refractivity contribution in [2.45, 2.75) is 5.66 Å². The van der Waals surface area contributed by atoms with Gasteiger partial charge in [0.2, 0.25) is 5.96 Å². The van der Waals surface area contributed by atoms with E-state index in [9.17, 15) is 0 Å². The summed E-state index contributed by atoms with van der Waals surface area (Å²) in [5.41, 5.74) is 9.69. The Kier molecular flexibility index (Phi) is 4.42. The van der Waals surface area contributed by atoms with E-state index < -0.39 is 5.66 Å². The molecule has 30 heavy (non-hydrogen) atoms. The number of nitrogens with two attached hydrogens (primary N) is 1. The Morgan fingerprint density at radius 1 is 0.933 bits per heavy atom. The highest BCUT2D eigenvalue weighted by Crippen LogP contribution is 2.30. The quantitative estimate of drug-likeness (QED) is 0.419. The Hall–Kier alpha value is -4.10. The zero-order chi connectivity index (χ0) is 20.4. The van der Waals surface area contributed by atoms with Crippen LogP contribution in [0.4, 0.5) is 5.69 Å². The number of aromatic nitrogens is 2. The van der Waals surface area contributed by atoms with Gasteiger partial charge in [-0.1, -0.05) is 48.5 Å². The molecule has 7 heteroatoms. The van der Waals surface area contributed by atoms with Crippen LogP contribution in [-0.2, 0) is 5.66 Å². The molecule has 0 radical (unpaired) electrons. The summed E-state index contributed by atoms with van der Waals surface area (Å²) < 4.78 is 5.44. The maximum absolute atomic E-state index is 6.77. The molecule has 7 nitrogen and oxygen atoms in total. The lowest BCUT2D eigenvalue weighted by Crippen LogP contribution is -2.44. The van der Waals surface area contributed by atoms with Crippen LogP contribution in [0.1, 0.15) is 11.3 Å². The van der Waals surface area contributed by atoms with Crippen molar-refractivity contribution in [3.63, 3.8) is 0 Å². The molecule has 1 aliphatic rings. The minimum absolute atomic E-state index is 0.541. The van der Waals surface area contributed by atoms with Crippen LogP contribution in [0, 0.1) is 0 Å². The average molecular weight is 396 g/mol. The van der Waals surface area contributed by atoms with E-state index in [1.54, 1.807) is 6.26 Å². The molecule has 0 aliphatic carbocycles. The number of para-hydroxylation sites is 1. The van der Waals surface area contributed by atoms with Crippen LogP contribution in [-0.4, -0.2) is 16.2 Å². The number of aliphatic imine (C=N–C) groups is 1. The van der Waals surface area contributed by atoms with E-state index in [0.717, 1.165) is 16.9 Å². The van der Waals surface area contributed by atoms with Crippen molar-refractivity contribution >= 4 is 17.3 Å². The number of rotatable bonds is 4. The monoisotopic (exact) mass is 396 g/mol. The smallest absolute Gasteiger partial charge is 0.202 e. The van der Waals surface area contributed by atoms with Crippen molar-refractivity contribution in [1.29, 1.82) is 0 Å². The van der Waals surface area contributed by atoms with Gasteiger partial charge >= 0.3 is 0 Å². The number of anilines is 1. The number of guanidine groups is 1. The fourth-order valence-corrected chi connectivity index (χ4v) is 3.33. The number of hydrogen-bond donors (Lipinski definition) is 4. The van der Waals surface area contributed by atoms with E-state index in [1.165, 1.54) is 0 Å². The normalized spacial score (nSPS) is 18.3.